The largest absolute Gasteiger partial charge is 0.507 e. The summed E-state index contributed by atoms with van der Waals surface area (Å²) in [5.74, 6) is -3.73. The molecular formula is C36H26N4O12S2. The van der Waals surface area contributed by atoms with Gasteiger partial charge in [-0.05, 0) is 109 Å². The van der Waals surface area contributed by atoms with E-state index in [1.165, 1.54) is 84.9 Å². The Morgan fingerprint density at radius 2 is 0.778 bits per heavy atom. The average Bonchev–Trinajstić information content (AvgIpc) is 3.13. The Morgan fingerprint density at radius 1 is 0.426 bits per heavy atom. The molecule has 274 valence electrons. The standard InChI is InChI=1S/C36H26N4O12S2/c41-31-15-13-29(27-17-23(53(47,48)49)9-11-25(27)31)39-33(43)19-1-5-21(6-2-19)37-35(45)36(46)38-22-7-3-20(4-8-22)34(44)40-30-14-16-32(42)26-12-10-24(18-28(26)30)54(50,51)52/h1-18,41-42H,(H,37,45)(H,38,46)(H,39,43)(H,40,44)(H,47,48,49)(H,50,51,52). The first-order valence-electron chi connectivity index (χ1n) is 15.4. The summed E-state index contributed by atoms with van der Waals surface area (Å²) in [5.41, 5.74) is 0.854. The van der Waals surface area contributed by atoms with Gasteiger partial charge in [-0.2, -0.15) is 16.8 Å². The minimum atomic E-state index is -4.57. The van der Waals surface area contributed by atoms with Crippen LogP contribution in [0.15, 0.2) is 119 Å². The number of carbonyl (C=O) groups is 4. The van der Waals surface area contributed by atoms with Crippen LogP contribution in [0.2, 0.25) is 0 Å². The van der Waals surface area contributed by atoms with Gasteiger partial charge in [0.2, 0.25) is 0 Å². The van der Waals surface area contributed by atoms with Crippen molar-refractivity contribution in [2.75, 3.05) is 21.3 Å². The van der Waals surface area contributed by atoms with Crippen molar-refractivity contribution in [2.45, 2.75) is 9.79 Å². The third-order valence-electron chi connectivity index (χ3n) is 8.04. The van der Waals surface area contributed by atoms with Gasteiger partial charge in [0.1, 0.15) is 11.5 Å². The zero-order valence-corrected chi connectivity index (χ0v) is 28.9. The van der Waals surface area contributed by atoms with Gasteiger partial charge in [0, 0.05) is 55.4 Å². The lowest BCUT2D eigenvalue weighted by Gasteiger charge is -2.12. The van der Waals surface area contributed by atoms with Crippen LogP contribution in [0.3, 0.4) is 0 Å². The first kappa shape index (κ1) is 36.9. The number of benzene rings is 6. The van der Waals surface area contributed by atoms with Crippen LogP contribution in [0, 0.1) is 0 Å². The Hall–Kier alpha value is -6.86. The first-order chi connectivity index (χ1) is 25.5. The molecule has 0 heterocycles. The number of hydrogen-bond donors (Lipinski definition) is 8. The number of amides is 4. The van der Waals surface area contributed by atoms with Gasteiger partial charge in [-0.15, -0.1) is 0 Å². The predicted octanol–water partition coefficient (Wildman–Crippen LogP) is 4.98. The highest BCUT2D eigenvalue weighted by Gasteiger charge is 2.19. The molecule has 0 saturated heterocycles. The number of fused-ring (bicyclic) bond motifs is 2. The molecule has 0 aliphatic carbocycles. The third kappa shape index (κ3) is 7.96. The topological polar surface area (TPSA) is 266 Å². The SMILES string of the molecule is O=C(Nc1ccc(C(=O)Nc2ccc(O)c3ccc(S(=O)(=O)O)cc23)cc1)C(=O)Nc1ccc(C(=O)Nc2ccc(O)c3ccc(S(=O)(=O)O)cc23)cc1. The molecule has 0 spiro atoms. The summed E-state index contributed by atoms with van der Waals surface area (Å²) < 4.78 is 65.3. The molecule has 0 bridgehead atoms. The number of hydrogen-bond acceptors (Lipinski definition) is 10. The summed E-state index contributed by atoms with van der Waals surface area (Å²) in [4.78, 5) is 50.3. The highest BCUT2D eigenvalue weighted by molar-refractivity contribution is 7.86. The average molecular weight is 771 g/mol. The zero-order chi connectivity index (χ0) is 38.9. The molecule has 0 unspecified atom stereocenters. The van der Waals surface area contributed by atoms with Crippen molar-refractivity contribution in [1.29, 1.82) is 0 Å². The number of carbonyl (C=O) groups excluding carboxylic acids is 4. The fraction of sp³-hybridized carbons (Fsp3) is 0. The number of phenols is 2. The smallest absolute Gasteiger partial charge is 0.314 e. The lowest BCUT2D eigenvalue weighted by Crippen LogP contribution is -2.29. The normalized spacial score (nSPS) is 11.5. The molecule has 0 atom stereocenters. The van der Waals surface area contributed by atoms with E-state index in [2.05, 4.69) is 21.3 Å². The van der Waals surface area contributed by atoms with Crippen LogP contribution >= 0.6 is 0 Å². The fourth-order valence-corrected chi connectivity index (χ4v) is 6.35. The highest BCUT2D eigenvalue weighted by Crippen LogP contribution is 2.34. The van der Waals surface area contributed by atoms with Crippen LogP contribution in [0.25, 0.3) is 21.5 Å². The van der Waals surface area contributed by atoms with Gasteiger partial charge < -0.3 is 31.5 Å². The third-order valence-corrected chi connectivity index (χ3v) is 9.74. The number of anilines is 4. The van der Waals surface area contributed by atoms with Gasteiger partial charge in [0.25, 0.3) is 32.1 Å². The summed E-state index contributed by atoms with van der Waals surface area (Å²) in [6.07, 6.45) is 0. The molecule has 6 aromatic rings. The monoisotopic (exact) mass is 770 g/mol. The van der Waals surface area contributed by atoms with E-state index in [4.69, 9.17) is 0 Å². The quantitative estimate of drug-likeness (QED) is 0.0579. The van der Waals surface area contributed by atoms with Gasteiger partial charge in [-0.1, -0.05) is 0 Å². The Kier molecular flexibility index (Phi) is 9.76. The lowest BCUT2D eigenvalue weighted by molar-refractivity contribution is -0.132. The van der Waals surface area contributed by atoms with E-state index < -0.39 is 53.7 Å². The maximum absolute atomic E-state index is 13.0. The van der Waals surface area contributed by atoms with Gasteiger partial charge in [-0.25, -0.2) is 0 Å². The molecular weight excluding hydrogens is 745 g/mol. The van der Waals surface area contributed by atoms with E-state index >= 15 is 0 Å². The molecule has 0 aliphatic heterocycles. The summed E-state index contributed by atoms with van der Waals surface area (Å²) in [7, 11) is -9.13. The molecule has 8 N–H and O–H groups in total. The van der Waals surface area contributed by atoms with E-state index in [0.29, 0.717) is 0 Å². The number of rotatable bonds is 8. The zero-order valence-electron chi connectivity index (χ0n) is 27.3. The Labute approximate surface area is 305 Å². The maximum Gasteiger partial charge on any atom is 0.314 e. The second-order valence-corrected chi connectivity index (χ2v) is 14.4. The molecule has 0 aliphatic rings. The molecule has 18 heteroatoms. The van der Waals surface area contributed by atoms with Gasteiger partial charge in [0.05, 0.1) is 9.79 Å². The van der Waals surface area contributed by atoms with Crippen molar-refractivity contribution in [1.82, 2.24) is 0 Å². The second kappa shape index (κ2) is 14.3. The van der Waals surface area contributed by atoms with Crippen molar-refractivity contribution in [3.8, 4) is 11.5 Å². The van der Waals surface area contributed by atoms with Crippen LogP contribution in [-0.2, 0) is 29.8 Å². The van der Waals surface area contributed by atoms with E-state index in [1.807, 2.05) is 0 Å². The molecule has 6 rings (SSSR count). The number of phenolic OH excluding ortho intramolecular Hbond substituents is 2. The van der Waals surface area contributed by atoms with Gasteiger partial charge in [0.15, 0.2) is 0 Å². The first-order valence-corrected chi connectivity index (χ1v) is 18.3. The molecule has 0 aromatic heterocycles. The Balaban J connectivity index is 1.07. The number of aromatic hydroxyl groups is 2. The minimum absolute atomic E-state index is 0.121. The highest BCUT2D eigenvalue weighted by atomic mass is 32.2. The van der Waals surface area contributed by atoms with Gasteiger partial charge >= 0.3 is 11.8 Å². The Morgan fingerprint density at radius 3 is 1.11 bits per heavy atom. The minimum Gasteiger partial charge on any atom is -0.507 e. The van der Waals surface area contributed by atoms with Crippen molar-refractivity contribution < 1.29 is 55.3 Å². The summed E-state index contributed by atoms with van der Waals surface area (Å²) >= 11 is 0. The molecule has 54 heavy (non-hydrogen) atoms. The van der Waals surface area contributed by atoms with Crippen LogP contribution in [0.4, 0.5) is 22.7 Å². The van der Waals surface area contributed by atoms with E-state index in [0.717, 1.165) is 24.3 Å². The number of nitrogens with one attached hydrogen (secondary N) is 4. The van der Waals surface area contributed by atoms with Crippen LogP contribution in [-0.4, -0.2) is 59.8 Å². The van der Waals surface area contributed by atoms with Crippen molar-refractivity contribution >= 4 is 88.2 Å². The summed E-state index contributed by atoms with van der Waals surface area (Å²) in [6.45, 7) is 0. The van der Waals surface area contributed by atoms with Crippen molar-refractivity contribution in [2.24, 2.45) is 0 Å². The fourth-order valence-electron chi connectivity index (χ4n) is 5.34. The maximum atomic E-state index is 13.0. The van der Waals surface area contributed by atoms with Crippen molar-refractivity contribution in [3.63, 3.8) is 0 Å². The van der Waals surface area contributed by atoms with E-state index in [1.54, 1.807) is 0 Å². The molecule has 0 saturated carbocycles. The summed E-state index contributed by atoms with van der Waals surface area (Å²) in [6, 6.07) is 23.1. The molecule has 4 amide bonds. The second-order valence-electron chi connectivity index (χ2n) is 11.6. The molecule has 6 aromatic carbocycles. The summed E-state index contributed by atoms with van der Waals surface area (Å²) in [5, 5.41) is 31.1. The van der Waals surface area contributed by atoms with Crippen LogP contribution in [0.1, 0.15) is 20.7 Å². The predicted molar refractivity (Wildman–Crippen MR) is 197 cm³/mol. The molecule has 0 radical (unpaired) electrons. The van der Waals surface area contributed by atoms with Crippen molar-refractivity contribution in [3.05, 3.63) is 120 Å². The van der Waals surface area contributed by atoms with Gasteiger partial charge in [-0.3, -0.25) is 28.3 Å². The molecule has 16 nitrogen and oxygen atoms in total. The molecule has 0 fully saturated rings. The van der Waals surface area contributed by atoms with E-state index in [9.17, 15) is 55.3 Å². The lowest BCUT2D eigenvalue weighted by atomic mass is 10.1. The van der Waals surface area contributed by atoms with Crippen LogP contribution < -0.4 is 21.3 Å². The Bertz CT molecular complexity index is 2560. The van der Waals surface area contributed by atoms with E-state index in [-0.39, 0.29) is 66.9 Å². The van der Waals surface area contributed by atoms with Crippen LogP contribution in [0.5, 0.6) is 11.5 Å².